The van der Waals surface area contributed by atoms with E-state index in [-0.39, 0.29) is 11.6 Å². The van der Waals surface area contributed by atoms with E-state index in [1.807, 2.05) is 54.4 Å². The van der Waals surface area contributed by atoms with Crippen molar-refractivity contribution in [1.82, 2.24) is 20.3 Å². The first-order chi connectivity index (χ1) is 14.6. The molecule has 0 saturated heterocycles. The third kappa shape index (κ3) is 3.28. The standard InChI is InChI=1S/C22H19N5O3/c1-27(15-3-2-13-11-24-20(28)18(13)10-15)14-4-6-16(7-5-14)30-22-25-19-12-23-9-8-17(19)21(29)26-22/h2-10,12,20,24,28H,11H2,1H3,(H,25,26,29). The fourth-order valence-electron chi connectivity index (χ4n) is 3.54. The van der Waals surface area contributed by atoms with E-state index in [0.717, 1.165) is 22.5 Å². The van der Waals surface area contributed by atoms with E-state index in [1.165, 1.54) is 6.20 Å². The van der Waals surface area contributed by atoms with Crippen LogP contribution in [-0.4, -0.2) is 27.1 Å². The molecule has 0 fully saturated rings. The quantitative estimate of drug-likeness (QED) is 0.483. The minimum atomic E-state index is -0.629. The molecule has 0 bridgehead atoms. The predicted octanol–water partition coefficient (Wildman–Crippen LogP) is 2.97. The molecule has 1 unspecified atom stereocenters. The molecule has 0 spiro atoms. The average molecular weight is 401 g/mol. The van der Waals surface area contributed by atoms with E-state index in [9.17, 15) is 9.90 Å². The number of hydrogen-bond acceptors (Lipinski definition) is 7. The second-order valence-electron chi connectivity index (χ2n) is 7.09. The van der Waals surface area contributed by atoms with Crippen LogP contribution in [0.15, 0.2) is 65.7 Å². The lowest BCUT2D eigenvalue weighted by atomic mass is 10.1. The van der Waals surface area contributed by atoms with Crippen LogP contribution in [0.4, 0.5) is 11.4 Å². The molecule has 150 valence electrons. The highest BCUT2D eigenvalue weighted by Gasteiger charge is 2.20. The summed E-state index contributed by atoms with van der Waals surface area (Å²) in [6.07, 6.45) is 2.45. The third-order valence-corrected chi connectivity index (χ3v) is 5.22. The van der Waals surface area contributed by atoms with Crippen LogP contribution in [0.1, 0.15) is 17.4 Å². The molecule has 8 heteroatoms. The summed E-state index contributed by atoms with van der Waals surface area (Å²) in [5.41, 5.74) is 4.13. The van der Waals surface area contributed by atoms with Crippen molar-refractivity contribution in [1.29, 1.82) is 0 Å². The number of aromatic amines is 1. The van der Waals surface area contributed by atoms with E-state index in [2.05, 4.69) is 20.3 Å². The molecule has 0 radical (unpaired) electrons. The minimum Gasteiger partial charge on any atom is -0.426 e. The van der Waals surface area contributed by atoms with Gasteiger partial charge in [-0.3, -0.25) is 20.1 Å². The molecule has 1 aliphatic rings. The maximum atomic E-state index is 12.2. The number of anilines is 2. The van der Waals surface area contributed by atoms with Crippen molar-refractivity contribution in [2.75, 3.05) is 11.9 Å². The lowest BCUT2D eigenvalue weighted by molar-refractivity contribution is 0.151. The highest BCUT2D eigenvalue weighted by molar-refractivity contribution is 5.76. The Morgan fingerprint density at radius 3 is 2.77 bits per heavy atom. The van der Waals surface area contributed by atoms with Gasteiger partial charge in [0.25, 0.3) is 5.56 Å². The van der Waals surface area contributed by atoms with Crippen molar-refractivity contribution in [2.45, 2.75) is 12.8 Å². The molecule has 0 amide bonds. The zero-order valence-electron chi connectivity index (χ0n) is 16.2. The summed E-state index contributed by atoms with van der Waals surface area (Å²) in [5.74, 6) is 0.548. The number of aliphatic hydroxyl groups excluding tert-OH is 1. The first kappa shape index (κ1) is 18.3. The first-order valence-corrected chi connectivity index (χ1v) is 9.48. The Kier molecular flexibility index (Phi) is 4.42. The van der Waals surface area contributed by atoms with Crippen molar-refractivity contribution in [3.63, 3.8) is 0 Å². The summed E-state index contributed by atoms with van der Waals surface area (Å²) in [6.45, 7) is 0.674. The van der Waals surface area contributed by atoms with Gasteiger partial charge in [0.15, 0.2) is 0 Å². The Labute approximate surface area is 171 Å². The Bertz CT molecular complexity index is 1290. The SMILES string of the molecule is CN(c1ccc(Oc2nc3cnccc3c(=O)[nH]2)cc1)c1ccc2c(c1)C(O)NC2. The second kappa shape index (κ2) is 7.25. The van der Waals surface area contributed by atoms with Crippen LogP contribution in [-0.2, 0) is 6.54 Å². The number of hydrogen-bond donors (Lipinski definition) is 3. The van der Waals surface area contributed by atoms with Crippen LogP contribution in [0.25, 0.3) is 10.9 Å². The van der Waals surface area contributed by atoms with Crippen molar-refractivity contribution < 1.29 is 9.84 Å². The van der Waals surface area contributed by atoms with Gasteiger partial charge in [-0.25, -0.2) is 0 Å². The number of fused-ring (bicyclic) bond motifs is 2. The summed E-state index contributed by atoms with van der Waals surface area (Å²) in [6, 6.07) is 15.2. The molecule has 0 aliphatic carbocycles. The summed E-state index contributed by atoms with van der Waals surface area (Å²) in [5, 5.41) is 13.5. The summed E-state index contributed by atoms with van der Waals surface area (Å²) >= 11 is 0. The molecule has 3 heterocycles. The van der Waals surface area contributed by atoms with Gasteiger partial charge < -0.3 is 14.7 Å². The van der Waals surface area contributed by atoms with E-state index < -0.39 is 6.23 Å². The Balaban J connectivity index is 1.37. The number of nitrogens with one attached hydrogen (secondary N) is 2. The van der Waals surface area contributed by atoms with Gasteiger partial charge in [0.2, 0.25) is 0 Å². The fourth-order valence-corrected chi connectivity index (χ4v) is 3.54. The molecule has 4 aromatic rings. The summed E-state index contributed by atoms with van der Waals surface area (Å²) < 4.78 is 5.73. The van der Waals surface area contributed by atoms with Crippen LogP contribution < -0.4 is 20.5 Å². The lowest BCUT2D eigenvalue weighted by Crippen LogP contribution is -2.12. The van der Waals surface area contributed by atoms with Gasteiger partial charge in [0, 0.05) is 36.7 Å². The third-order valence-electron chi connectivity index (χ3n) is 5.22. The number of aliphatic hydroxyl groups is 1. The number of pyridine rings is 1. The summed E-state index contributed by atoms with van der Waals surface area (Å²) in [4.78, 5) is 25.1. The van der Waals surface area contributed by atoms with Crippen LogP contribution in [0.5, 0.6) is 11.8 Å². The van der Waals surface area contributed by atoms with Crippen LogP contribution >= 0.6 is 0 Å². The smallest absolute Gasteiger partial charge is 0.302 e. The molecule has 3 N–H and O–H groups in total. The monoisotopic (exact) mass is 401 g/mol. The van der Waals surface area contributed by atoms with E-state index in [1.54, 1.807) is 12.3 Å². The average Bonchev–Trinajstić information content (AvgIpc) is 3.14. The zero-order valence-corrected chi connectivity index (χ0v) is 16.2. The van der Waals surface area contributed by atoms with Gasteiger partial charge in [-0.05, 0) is 48.0 Å². The Morgan fingerprint density at radius 2 is 1.93 bits per heavy atom. The Morgan fingerprint density at radius 1 is 1.13 bits per heavy atom. The van der Waals surface area contributed by atoms with E-state index in [4.69, 9.17) is 4.74 Å². The molecule has 8 nitrogen and oxygen atoms in total. The van der Waals surface area contributed by atoms with Crippen molar-refractivity contribution in [2.24, 2.45) is 0 Å². The molecule has 0 saturated carbocycles. The highest BCUT2D eigenvalue weighted by Crippen LogP contribution is 2.31. The van der Waals surface area contributed by atoms with Gasteiger partial charge in [-0.15, -0.1) is 0 Å². The molecule has 5 rings (SSSR count). The predicted molar refractivity (Wildman–Crippen MR) is 113 cm³/mol. The van der Waals surface area contributed by atoms with Crippen molar-refractivity contribution in [3.8, 4) is 11.8 Å². The van der Waals surface area contributed by atoms with Gasteiger partial charge in [-0.2, -0.15) is 4.98 Å². The molecule has 30 heavy (non-hydrogen) atoms. The fraction of sp³-hybridized carbons (Fsp3) is 0.136. The van der Waals surface area contributed by atoms with Gasteiger partial charge in [-0.1, -0.05) is 6.07 Å². The summed E-state index contributed by atoms with van der Waals surface area (Å²) in [7, 11) is 1.96. The topological polar surface area (TPSA) is 103 Å². The maximum absolute atomic E-state index is 12.2. The number of rotatable bonds is 4. The van der Waals surface area contributed by atoms with Crippen LogP contribution in [0.3, 0.4) is 0 Å². The van der Waals surface area contributed by atoms with Gasteiger partial charge in [0.1, 0.15) is 12.0 Å². The Hall–Kier alpha value is -3.75. The van der Waals surface area contributed by atoms with Crippen molar-refractivity contribution in [3.05, 3.63) is 82.4 Å². The van der Waals surface area contributed by atoms with E-state index >= 15 is 0 Å². The number of ether oxygens (including phenoxy) is 1. The van der Waals surface area contributed by atoms with Gasteiger partial charge in [0.05, 0.1) is 17.1 Å². The maximum Gasteiger partial charge on any atom is 0.302 e. The number of aromatic nitrogens is 3. The normalized spacial score (nSPS) is 15.2. The molecule has 1 atom stereocenters. The highest BCUT2D eigenvalue weighted by atomic mass is 16.5. The molecular formula is C22H19N5O3. The van der Waals surface area contributed by atoms with Crippen LogP contribution in [0.2, 0.25) is 0 Å². The lowest BCUT2D eigenvalue weighted by Gasteiger charge is -2.21. The zero-order chi connectivity index (χ0) is 20.7. The molecule has 2 aromatic heterocycles. The number of nitrogens with zero attached hydrogens (tertiary/aromatic N) is 3. The van der Waals surface area contributed by atoms with Gasteiger partial charge >= 0.3 is 6.01 Å². The van der Waals surface area contributed by atoms with Crippen LogP contribution in [0, 0.1) is 0 Å². The number of H-pyrrole nitrogens is 1. The van der Waals surface area contributed by atoms with E-state index in [0.29, 0.717) is 23.2 Å². The minimum absolute atomic E-state index is 0.113. The van der Waals surface area contributed by atoms with Crippen molar-refractivity contribution >= 4 is 22.3 Å². The molecule has 2 aromatic carbocycles. The number of benzene rings is 2. The first-order valence-electron chi connectivity index (χ1n) is 9.48. The molecular weight excluding hydrogens is 382 g/mol. The largest absolute Gasteiger partial charge is 0.426 e. The second-order valence-corrected chi connectivity index (χ2v) is 7.09. The molecule has 1 aliphatic heterocycles.